The van der Waals surface area contributed by atoms with Crippen LogP contribution < -0.4 is 5.56 Å². The van der Waals surface area contributed by atoms with Gasteiger partial charge in [0.2, 0.25) is 0 Å². The van der Waals surface area contributed by atoms with Crippen LogP contribution in [0.3, 0.4) is 0 Å². The summed E-state index contributed by atoms with van der Waals surface area (Å²) >= 11 is 1.35. The van der Waals surface area contributed by atoms with Gasteiger partial charge in [-0.05, 0) is 29.1 Å². The van der Waals surface area contributed by atoms with Gasteiger partial charge in [0.1, 0.15) is 17.6 Å². The number of fused-ring (bicyclic) bond motifs is 1. The predicted octanol–water partition coefficient (Wildman–Crippen LogP) is 2.24. The fourth-order valence-electron chi connectivity index (χ4n) is 2.34. The van der Waals surface area contributed by atoms with Gasteiger partial charge in [0, 0.05) is 12.6 Å². The van der Waals surface area contributed by atoms with E-state index in [4.69, 9.17) is 0 Å². The third kappa shape index (κ3) is 3.74. The van der Waals surface area contributed by atoms with Gasteiger partial charge in [-0.15, -0.1) is 11.3 Å². The molecule has 0 bridgehead atoms. The highest BCUT2D eigenvalue weighted by molar-refractivity contribution is 7.17. The topological polar surface area (TPSA) is 87.7 Å². The molecule has 25 heavy (non-hydrogen) atoms. The number of hydrogen-bond acceptors (Lipinski definition) is 6. The molecular formula is C17H16N4O3S. The van der Waals surface area contributed by atoms with E-state index in [0.29, 0.717) is 21.6 Å². The van der Waals surface area contributed by atoms with Crippen molar-refractivity contribution in [3.05, 3.63) is 63.0 Å². The van der Waals surface area contributed by atoms with Crippen LogP contribution in [-0.2, 0) is 11.4 Å². The zero-order valence-corrected chi connectivity index (χ0v) is 14.5. The number of nitrogens with one attached hydrogen (secondary N) is 1. The van der Waals surface area contributed by atoms with Crippen LogP contribution in [0.4, 0.5) is 0 Å². The lowest BCUT2D eigenvalue weighted by molar-refractivity contribution is 0.0781. The second-order valence-electron chi connectivity index (χ2n) is 5.35. The van der Waals surface area contributed by atoms with Gasteiger partial charge in [-0.2, -0.15) is 0 Å². The average Bonchev–Trinajstić information content (AvgIpc) is 3.09. The first kappa shape index (κ1) is 16.8. The Morgan fingerprint density at radius 2 is 2.12 bits per heavy atom. The maximum Gasteiger partial charge on any atom is 0.268 e. The van der Waals surface area contributed by atoms with E-state index in [1.807, 2.05) is 5.38 Å². The van der Waals surface area contributed by atoms with E-state index in [1.54, 1.807) is 43.6 Å². The van der Waals surface area contributed by atoms with Crippen molar-refractivity contribution in [2.24, 2.45) is 5.16 Å². The summed E-state index contributed by atoms with van der Waals surface area (Å²) in [6, 6.07) is 8.78. The van der Waals surface area contributed by atoms with Crippen molar-refractivity contribution in [1.82, 2.24) is 14.9 Å². The summed E-state index contributed by atoms with van der Waals surface area (Å²) in [4.78, 5) is 37.8. The number of aromatic nitrogens is 2. The molecular weight excluding hydrogens is 340 g/mol. The molecule has 0 saturated carbocycles. The molecule has 0 aliphatic carbocycles. The van der Waals surface area contributed by atoms with E-state index in [1.165, 1.54) is 23.3 Å². The first-order valence-corrected chi connectivity index (χ1v) is 8.35. The average molecular weight is 356 g/mol. The quantitative estimate of drug-likeness (QED) is 0.561. The highest BCUT2D eigenvalue weighted by Gasteiger charge is 2.14. The summed E-state index contributed by atoms with van der Waals surface area (Å²) in [6.07, 6.45) is 1.56. The molecule has 0 spiro atoms. The molecule has 8 heteroatoms. The van der Waals surface area contributed by atoms with Crippen molar-refractivity contribution < 1.29 is 9.63 Å². The molecule has 0 unspecified atom stereocenters. The molecule has 1 aromatic carbocycles. The van der Waals surface area contributed by atoms with Gasteiger partial charge in [0.25, 0.3) is 11.5 Å². The molecule has 2 aromatic heterocycles. The monoisotopic (exact) mass is 356 g/mol. The molecule has 3 aromatic rings. The Morgan fingerprint density at radius 1 is 1.36 bits per heavy atom. The highest BCUT2D eigenvalue weighted by Crippen LogP contribution is 2.14. The van der Waals surface area contributed by atoms with E-state index in [9.17, 15) is 9.59 Å². The van der Waals surface area contributed by atoms with Crippen molar-refractivity contribution in [2.75, 3.05) is 14.2 Å². The number of benzene rings is 1. The van der Waals surface area contributed by atoms with Crippen LogP contribution in [0.25, 0.3) is 10.2 Å². The lowest BCUT2D eigenvalue weighted by atomic mass is 10.1. The fraction of sp³-hybridized carbons (Fsp3) is 0.176. The summed E-state index contributed by atoms with van der Waals surface area (Å²) in [7, 11) is 3.13. The van der Waals surface area contributed by atoms with Crippen molar-refractivity contribution in [1.29, 1.82) is 0 Å². The normalized spacial score (nSPS) is 11.1. The Hall–Kier alpha value is -3.00. The molecule has 128 valence electrons. The molecule has 0 radical (unpaired) electrons. The molecule has 0 aliphatic rings. The van der Waals surface area contributed by atoms with E-state index in [0.717, 1.165) is 5.56 Å². The zero-order valence-electron chi connectivity index (χ0n) is 13.7. The number of rotatable bonds is 5. The van der Waals surface area contributed by atoms with Crippen LogP contribution >= 0.6 is 11.3 Å². The number of thiophene rings is 1. The number of amides is 1. The second-order valence-corrected chi connectivity index (χ2v) is 6.26. The van der Waals surface area contributed by atoms with E-state index in [2.05, 4.69) is 20.0 Å². The molecule has 0 aliphatic heterocycles. The molecule has 1 amide bonds. The Kier molecular flexibility index (Phi) is 4.90. The number of oxime groups is 1. The number of nitrogens with zero attached hydrogens (tertiary/aromatic N) is 3. The van der Waals surface area contributed by atoms with Gasteiger partial charge in [-0.1, -0.05) is 17.3 Å². The van der Waals surface area contributed by atoms with Crippen LogP contribution in [0, 0.1) is 0 Å². The number of hydrogen-bond donors (Lipinski definition) is 1. The molecule has 0 atom stereocenters. The van der Waals surface area contributed by atoms with Crippen LogP contribution in [0.1, 0.15) is 21.7 Å². The maximum atomic E-state index is 12.5. The molecule has 0 fully saturated rings. The minimum atomic E-state index is -0.183. The van der Waals surface area contributed by atoms with Crippen molar-refractivity contribution in [3.8, 4) is 0 Å². The third-order valence-electron chi connectivity index (χ3n) is 3.56. The minimum Gasteiger partial charge on any atom is -0.399 e. The minimum absolute atomic E-state index is 0.164. The zero-order chi connectivity index (χ0) is 17.8. The van der Waals surface area contributed by atoms with E-state index < -0.39 is 0 Å². The Bertz CT molecular complexity index is 975. The van der Waals surface area contributed by atoms with E-state index >= 15 is 0 Å². The van der Waals surface area contributed by atoms with Gasteiger partial charge in [-0.25, -0.2) is 4.98 Å². The van der Waals surface area contributed by atoms with Crippen molar-refractivity contribution >= 4 is 33.7 Å². The van der Waals surface area contributed by atoms with Gasteiger partial charge < -0.3 is 14.7 Å². The van der Waals surface area contributed by atoms with Gasteiger partial charge >= 0.3 is 0 Å². The number of carbonyl (C=O) groups excluding carboxylic acids is 1. The smallest absolute Gasteiger partial charge is 0.268 e. The summed E-state index contributed by atoms with van der Waals surface area (Å²) in [5.41, 5.74) is 1.83. The van der Waals surface area contributed by atoms with Crippen LogP contribution in [0.5, 0.6) is 0 Å². The van der Waals surface area contributed by atoms with Crippen LogP contribution in [0.2, 0.25) is 0 Å². The lowest BCUT2D eigenvalue weighted by Gasteiger charge is -2.16. The number of H-pyrrole nitrogens is 1. The maximum absolute atomic E-state index is 12.5. The Morgan fingerprint density at radius 3 is 2.84 bits per heavy atom. The van der Waals surface area contributed by atoms with Crippen molar-refractivity contribution in [2.45, 2.75) is 6.54 Å². The number of carbonyl (C=O) groups is 1. The predicted molar refractivity (Wildman–Crippen MR) is 97.1 cm³/mol. The standard InChI is InChI=1S/C17H16N4O3S/c1-21(10-14-19-13-7-8-25-15(13)16(22)20-14)17(23)12-5-3-11(4-6-12)9-18-24-2/h3-9H,10H2,1-2H3,(H,19,20,22)/b18-9+. The van der Waals surface area contributed by atoms with Gasteiger partial charge in [0.05, 0.1) is 18.3 Å². The second kappa shape index (κ2) is 7.27. The molecule has 2 heterocycles. The summed E-state index contributed by atoms with van der Waals surface area (Å²) in [5, 5.41) is 5.49. The summed E-state index contributed by atoms with van der Waals surface area (Å²) < 4.78 is 0.589. The van der Waals surface area contributed by atoms with Crippen LogP contribution in [0.15, 0.2) is 45.7 Å². The lowest BCUT2D eigenvalue weighted by Crippen LogP contribution is -2.28. The largest absolute Gasteiger partial charge is 0.399 e. The third-order valence-corrected chi connectivity index (χ3v) is 4.46. The summed E-state index contributed by atoms with van der Waals surface area (Å²) in [6.45, 7) is 0.215. The van der Waals surface area contributed by atoms with Gasteiger partial charge in [0.15, 0.2) is 0 Å². The van der Waals surface area contributed by atoms with Crippen molar-refractivity contribution in [3.63, 3.8) is 0 Å². The first-order chi connectivity index (χ1) is 12.1. The highest BCUT2D eigenvalue weighted by atomic mass is 32.1. The van der Waals surface area contributed by atoms with Gasteiger partial charge in [-0.3, -0.25) is 9.59 Å². The van der Waals surface area contributed by atoms with Crippen LogP contribution in [-0.4, -0.2) is 41.1 Å². The Balaban J connectivity index is 1.75. The van der Waals surface area contributed by atoms with E-state index in [-0.39, 0.29) is 18.0 Å². The first-order valence-electron chi connectivity index (χ1n) is 7.47. The molecule has 0 saturated heterocycles. The molecule has 3 rings (SSSR count). The summed E-state index contributed by atoms with van der Waals surface area (Å²) in [5.74, 6) is 0.291. The fourth-order valence-corrected chi connectivity index (χ4v) is 3.06. The number of aromatic amines is 1. The Labute approximate surface area is 147 Å². The molecule has 1 N–H and O–H groups in total. The SMILES string of the molecule is CO/N=C/c1ccc(C(=O)N(C)Cc2nc3ccsc3c(=O)[nH]2)cc1. The molecule has 7 nitrogen and oxygen atoms in total.